The zero-order valence-corrected chi connectivity index (χ0v) is 13.6. The van der Waals surface area contributed by atoms with Gasteiger partial charge in [-0.2, -0.15) is 0 Å². The number of hydrogen-bond donors (Lipinski definition) is 1. The Labute approximate surface area is 121 Å². The molecule has 0 heterocycles. The van der Waals surface area contributed by atoms with Gasteiger partial charge in [0.25, 0.3) is 0 Å². The van der Waals surface area contributed by atoms with Crippen LogP contribution in [-0.4, -0.2) is 10.8 Å². The summed E-state index contributed by atoms with van der Waals surface area (Å²) >= 11 is 8.22. The number of hydrogen-bond acceptors (Lipinski definition) is 2. The highest BCUT2D eigenvalue weighted by molar-refractivity contribution is 7.99. The van der Waals surface area contributed by atoms with Gasteiger partial charge in [0.05, 0.1) is 0 Å². The molecule has 1 aromatic carbocycles. The van der Waals surface area contributed by atoms with Crippen LogP contribution < -0.4 is 5.32 Å². The van der Waals surface area contributed by atoms with Crippen LogP contribution in [0.3, 0.4) is 0 Å². The van der Waals surface area contributed by atoms with Crippen molar-refractivity contribution in [3.63, 3.8) is 0 Å². The van der Waals surface area contributed by atoms with Gasteiger partial charge < -0.3 is 5.32 Å². The molecule has 1 atom stereocenters. The second kappa shape index (κ2) is 6.83. The molecule has 3 heteroatoms. The Morgan fingerprint density at radius 2 is 2.00 bits per heavy atom. The molecule has 102 valence electrons. The maximum atomic E-state index is 6.33. The van der Waals surface area contributed by atoms with Crippen LogP contribution in [0.5, 0.6) is 0 Å². The first kappa shape index (κ1) is 15.9. The van der Waals surface area contributed by atoms with E-state index < -0.39 is 0 Å². The molecule has 0 spiro atoms. The molecular weight excluding hydrogens is 262 g/mol. The predicted molar refractivity (Wildman–Crippen MR) is 83.7 cm³/mol. The second-order valence-electron chi connectivity index (χ2n) is 5.69. The van der Waals surface area contributed by atoms with Crippen molar-refractivity contribution >= 4 is 23.4 Å². The summed E-state index contributed by atoms with van der Waals surface area (Å²) in [6.45, 7) is 11.8. The van der Waals surface area contributed by atoms with Crippen LogP contribution in [0.15, 0.2) is 23.1 Å². The summed E-state index contributed by atoms with van der Waals surface area (Å²) in [6.07, 6.45) is 1.18. The highest BCUT2D eigenvalue weighted by Crippen LogP contribution is 2.29. The van der Waals surface area contributed by atoms with Crippen LogP contribution in [0.25, 0.3) is 0 Å². The molecule has 1 unspecified atom stereocenters. The van der Waals surface area contributed by atoms with Crippen LogP contribution >= 0.6 is 23.4 Å². The summed E-state index contributed by atoms with van der Waals surface area (Å²) in [4.78, 5) is 1.26. The van der Waals surface area contributed by atoms with Gasteiger partial charge in [-0.05, 0) is 44.9 Å². The molecule has 1 rings (SSSR count). The molecule has 1 nitrogen and oxygen atoms in total. The maximum Gasteiger partial charge on any atom is 0.0462 e. The van der Waals surface area contributed by atoms with Crippen molar-refractivity contribution < 1.29 is 0 Å². The minimum Gasteiger partial charge on any atom is -0.308 e. The molecule has 1 N–H and O–H groups in total. The molecule has 0 bridgehead atoms. The molecule has 0 saturated heterocycles. The van der Waals surface area contributed by atoms with Crippen LogP contribution in [0.4, 0.5) is 0 Å². The Morgan fingerprint density at radius 1 is 1.33 bits per heavy atom. The predicted octanol–water partition coefficient (Wildman–Crippen LogP) is 5.12. The zero-order valence-electron chi connectivity index (χ0n) is 12.0. The van der Waals surface area contributed by atoms with E-state index >= 15 is 0 Å². The monoisotopic (exact) mass is 285 g/mol. The Hall–Kier alpha value is -0.180. The van der Waals surface area contributed by atoms with Crippen LogP contribution in [0.2, 0.25) is 5.02 Å². The quantitative estimate of drug-likeness (QED) is 0.754. The Bertz CT molecular complexity index is 385. The van der Waals surface area contributed by atoms with E-state index in [2.05, 4.69) is 58.1 Å². The lowest BCUT2D eigenvalue weighted by molar-refractivity contribution is 0.424. The van der Waals surface area contributed by atoms with Gasteiger partial charge in [-0.3, -0.25) is 0 Å². The largest absolute Gasteiger partial charge is 0.308 e. The van der Waals surface area contributed by atoms with Crippen molar-refractivity contribution in [1.29, 1.82) is 0 Å². The fourth-order valence-electron chi connectivity index (χ4n) is 1.42. The third kappa shape index (κ3) is 5.64. The average molecular weight is 286 g/mol. The lowest BCUT2D eigenvalue weighted by Crippen LogP contribution is -2.35. The summed E-state index contributed by atoms with van der Waals surface area (Å²) < 4.78 is 0. The molecule has 0 aliphatic heterocycles. The van der Waals surface area contributed by atoms with E-state index in [1.807, 2.05) is 11.8 Å². The molecule has 18 heavy (non-hydrogen) atoms. The summed E-state index contributed by atoms with van der Waals surface area (Å²) in [7, 11) is 0. The van der Waals surface area contributed by atoms with Gasteiger partial charge in [0.15, 0.2) is 0 Å². The molecular formula is C15H24ClNS. The highest BCUT2D eigenvalue weighted by Gasteiger charge is 2.10. The summed E-state index contributed by atoms with van der Waals surface area (Å²) in [6, 6.07) is 6.38. The molecule has 0 radical (unpaired) electrons. The van der Waals surface area contributed by atoms with E-state index in [4.69, 9.17) is 11.6 Å². The number of benzene rings is 1. The molecule has 0 saturated carbocycles. The van der Waals surface area contributed by atoms with Gasteiger partial charge in [0.2, 0.25) is 0 Å². The van der Waals surface area contributed by atoms with Crippen molar-refractivity contribution in [2.24, 2.45) is 0 Å². The van der Waals surface area contributed by atoms with Crippen molar-refractivity contribution in [2.75, 3.05) is 0 Å². The third-order valence-electron chi connectivity index (χ3n) is 2.75. The van der Waals surface area contributed by atoms with Crippen LogP contribution in [0.1, 0.15) is 46.6 Å². The first-order chi connectivity index (χ1) is 8.31. The molecule has 0 fully saturated rings. The minimum atomic E-state index is 0.119. The SMILES string of the molecule is CCC(C)Sc1ccc(CNC(C)(C)C)c(Cl)c1. The topological polar surface area (TPSA) is 12.0 Å². The van der Waals surface area contributed by atoms with Crippen molar-refractivity contribution in [3.05, 3.63) is 28.8 Å². The molecule has 0 aliphatic carbocycles. The fraction of sp³-hybridized carbons (Fsp3) is 0.600. The van der Waals surface area contributed by atoms with Crippen LogP contribution in [0, 0.1) is 0 Å². The standard InChI is InChI=1S/C15H24ClNS/c1-6-11(2)18-13-8-7-12(14(16)9-13)10-17-15(3,4)5/h7-9,11,17H,6,10H2,1-5H3. The maximum absolute atomic E-state index is 6.33. The van der Waals surface area contributed by atoms with Gasteiger partial charge in [-0.1, -0.05) is 31.5 Å². The van der Waals surface area contributed by atoms with E-state index in [1.54, 1.807) is 0 Å². The van der Waals surface area contributed by atoms with Crippen LogP contribution in [-0.2, 0) is 6.54 Å². The minimum absolute atomic E-state index is 0.119. The summed E-state index contributed by atoms with van der Waals surface area (Å²) in [5.41, 5.74) is 1.29. The van der Waals surface area contributed by atoms with Crippen molar-refractivity contribution in [2.45, 2.75) is 63.3 Å². The van der Waals surface area contributed by atoms with Crippen molar-refractivity contribution in [1.82, 2.24) is 5.32 Å². The lowest BCUT2D eigenvalue weighted by atomic mass is 10.1. The van der Waals surface area contributed by atoms with Gasteiger partial charge >= 0.3 is 0 Å². The van der Waals surface area contributed by atoms with E-state index in [0.717, 1.165) is 11.6 Å². The Kier molecular flexibility index (Phi) is 6.03. The van der Waals surface area contributed by atoms with E-state index in [-0.39, 0.29) is 5.54 Å². The number of halogens is 1. The molecule has 0 amide bonds. The molecule has 0 aromatic heterocycles. The van der Waals surface area contributed by atoms with Gasteiger partial charge in [0, 0.05) is 27.3 Å². The van der Waals surface area contributed by atoms with Gasteiger partial charge in [-0.25, -0.2) is 0 Å². The number of thioether (sulfide) groups is 1. The number of nitrogens with one attached hydrogen (secondary N) is 1. The van der Waals surface area contributed by atoms with E-state index in [0.29, 0.717) is 5.25 Å². The third-order valence-corrected chi connectivity index (χ3v) is 4.36. The normalized spacial score (nSPS) is 13.7. The molecule has 1 aromatic rings. The Balaban J connectivity index is 2.68. The average Bonchev–Trinajstić information content (AvgIpc) is 2.26. The molecule has 0 aliphatic rings. The zero-order chi connectivity index (χ0) is 13.8. The second-order valence-corrected chi connectivity index (χ2v) is 7.61. The summed E-state index contributed by atoms with van der Waals surface area (Å²) in [5.74, 6) is 0. The van der Waals surface area contributed by atoms with E-state index in [9.17, 15) is 0 Å². The first-order valence-corrected chi connectivity index (χ1v) is 7.77. The van der Waals surface area contributed by atoms with Gasteiger partial charge in [-0.15, -0.1) is 11.8 Å². The van der Waals surface area contributed by atoms with E-state index in [1.165, 1.54) is 16.9 Å². The smallest absolute Gasteiger partial charge is 0.0462 e. The highest BCUT2D eigenvalue weighted by atomic mass is 35.5. The fourth-order valence-corrected chi connectivity index (χ4v) is 2.70. The summed E-state index contributed by atoms with van der Waals surface area (Å²) in [5, 5.41) is 4.96. The van der Waals surface area contributed by atoms with Gasteiger partial charge in [0.1, 0.15) is 0 Å². The Morgan fingerprint density at radius 3 is 2.50 bits per heavy atom. The number of rotatable bonds is 5. The van der Waals surface area contributed by atoms with Crippen molar-refractivity contribution in [3.8, 4) is 0 Å². The first-order valence-electron chi connectivity index (χ1n) is 6.52. The lowest BCUT2D eigenvalue weighted by Gasteiger charge is -2.21.